The number of sulfonamides is 1. The highest BCUT2D eigenvalue weighted by Gasteiger charge is 2.21. The van der Waals surface area contributed by atoms with E-state index in [9.17, 15) is 8.42 Å². The van der Waals surface area contributed by atoms with Crippen LogP contribution in [0.4, 0.5) is 0 Å². The van der Waals surface area contributed by atoms with E-state index in [0.717, 1.165) is 21.1 Å². The minimum atomic E-state index is -3.76. The maximum Gasteiger partial charge on any atom is 0.244 e. The molecule has 2 aromatic carbocycles. The largest absolute Gasteiger partial charge is 0.495 e. The molecule has 142 valence electrons. The van der Waals surface area contributed by atoms with Gasteiger partial charge in [0.05, 0.1) is 17.8 Å². The van der Waals surface area contributed by atoms with Crippen LogP contribution in [-0.4, -0.2) is 20.5 Å². The van der Waals surface area contributed by atoms with Gasteiger partial charge in [0, 0.05) is 21.5 Å². The van der Waals surface area contributed by atoms with E-state index in [1.807, 2.05) is 25.1 Å². The first-order valence-corrected chi connectivity index (χ1v) is 11.3. The van der Waals surface area contributed by atoms with Crippen LogP contribution in [0.15, 0.2) is 51.8 Å². The van der Waals surface area contributed by atoms with Crippen molar-refractivity contribution in [3.05, 3.63) is 62.5 Å². The van der Waals surface area contributed by atoms with Gasteiger partial charge >= 0.3 is 0 Å². The zero-order chi connectivity index (χ0) is 19.6. The van der Waals surface area contributed by atoms with Gasteiger partial charge in [-0.25, -0.2) is 18.1 Å². The third-order valence-electron chi connectivity index (χ3n) is 3.83. The van der Waals surface area contributed by atoms with E-state index >= 15 is 0 Å². The second kappa shape index (κ2) is 8.28. The Bertz CT molecular complexity index is 1080. The smallest absolute Gasteiger partial charge is 0.244 e. The van der Waals surface area contributed by atoms with Crippen molar-refractivity contribution in [2.75, 3.05) is 7.11 Å². The van der Waals surface area contributed by atoms with E-state index in [1.165, 1.54) is 24.5 Å². The zero-order valence-corrected chi connectivity index (χ0v) is 18.5. The van der Waals surface area contributed by atoms with Gasteiger partial charge in [0.2, 0.25) is 10.0 Å². The normalized spacial score (nSPS) is 11.6. The van der Waals surface area contributed by atoms with Crippen LogP contribution in [0.25, 0.3) is 10.6 Å². The highest BCUT2D eigenvalue weighted by atomic mass is 79.9. The molecule has 0 aliphatic rings. The van der Waals surface area contributed by atoms with Crippen LogP contribution in [0, 0.1) is 6.92 Å². The van der Waals surface area contributed by atoms with E-state index in [2.05, 4.69) is 25.6 Å². The van der Waals surface area contributed by atoms with E-state index in [0.29, 0.717) is 9.50 Å². The lowest BCUT2D eigenvalue weighted by Crippen LogP contribution is -2.23. The lowest BCUT2D eigenvalue weighted by atomic mass is 10.2. The zero-order valence-electron chi connectivity index (χ0n) is 14.5. The van der Waals surface area contributed by atoms with Gasteiger partial charge in [-0.3, -0.25) is 0 Å². The third kappa shape index (κ3) is 4.52. The molecule has 0 saturated heterocycles. The number of thiazole rings is 1. The molecular weight excluding hydrogens is 472 g/mol. The molecule has 0 aliphatic heterocycles. The highest BCUT2D eigenvalue weighted by Crippen LogP contribution is 2.33. The fourth-order valence-electron chi connectivity index (χ4n) is 2.44. The highest BCUT2D eigenvalue weighted by molar-refractivity contribution is 9.10. The Morgan fingerprint density at radius 2 is 2.00 bits per heavy atom. The van der Waals surface area contributed by atoms with Gasteiger partial charge in [-0.15, -0.1) is 11.3 Å². The Kier molecular flexibility index (Phi) is 6.22. The second-order valence-electron chi connectivity index (χ2n) is 5.63. The van der Waals surface area contributed by atoms with Crippen LogP contribution in [0.3, 0.4) is 0 Å². The minimum Gasteiger partial charge on any atom is -0.495 e. The van der Waals surface area contributed by atoms with Gasteiger partial charge in [-0.1, -0.05) is 45.7 Å². The molecule has 0 amide bonds. The number of aromatic nitrogens is 1. The number of benzene rings is 2. The standard InChI is InChI=1S/C18H16BrClN2O3S2/c1-11-16(26-18(22-11)13-5-3-4-6-14(13)20)10-21-27(23,24)17-9-12(19)7-8-15(17)25-2/h3-9,21H,10H2,1-2H3. The molecule has 0 atom stereocenters. The first-order valence-electron chi connectivity index (χ1n) is 7.86. The lowest BCUT2D eigenvalue weighted by Gasteiger charge is -2.10. The number of methoxy groups -OCH3 is 1. The summed E-state index contributed by atoms with van der Waals surface area (Å²) in [5.41, 5.74) is 1.59. The predicted molar refractivity (Wildman–Crippen MR) is 112 cm³/mol. The number of ether oxygens (including phenoxy) is 1. The molecule has 3 rings (SSSR count). The summed E-state index contributed by atoms with van der Waals surface area (Å²) in [4.78, 5) is 5.43. The first-order chi connectivity index (χ1) is 12.8. The quantitative estimate of drug-likeness (QED) is 0.530. The first kappa shape index (κ1) is 20.3. The summed E-state index contributed by atoms with van der Waals surface area (Å²) in [5, 5.41) is 1.37. The summed E-state index contributed by atoms with van der Waals surface area (Å²) in [6, 6.07) is 12.3. The van der Waals surface area contributed by atoms with Crippen LogP contribution < -0.4 is 9.46 Å². The summed E-state index contributed by atoms with van der Waals surface area (Å²) < 4.78 is 33.9. The van der Waals surface area contributed by atoms with Crippen molar-refractivity contribution in [2.45, 2.75) is 18.4 Å². The summed E-state index contributed by atoms with van der Waals surface area (Å²) in [6.45, 7) is 1.98. The number of nitrogens with zero attached hydrogens (tertiary/aromatic N) is 1. The molecule has 1 heterocycles. The Balaban J connectivity index is 1.85. The molecule has 0 spiro atoms. The predicted octanol–water partition coefficient (Wildman–Crippen LogP) is 5.02. The van der Waals surface area contributed by atoms with Crippen LogP contribution >= 0.6 is 38.9 Å². The van der Waals surface area contributed by atoms with E-state index in [1.54, 1.807) is 18.2 Å². The maximum absolute atomic E-state index is 12.7. The molecule has 0 bridgehead atoms. The maximum atomic E-state index is 12.7. The average Bonchev–Trinajstić information content (AvgIpc) is 3.01. The van der Waals surface area contributed by atoms with Crippen molar-refractivity contribution in [1.82, 2.24) is 9.71 Å². The molecule has 27 heavy (non-hydrogen) atoms. The number of hydrogen-bond acceptors (Lipinski definition) is 5. The van der Waals surface area contributed by atoms with Gasteiger partial charge < -0.3 is 4.74 Å². The van der Waals surface area contributed by atoms with Crippen LogP contribution in [0.2, 0.25) is 5.02 Å². The number of nitrogens with one attached hydrogen (secondary N) is 1. The molecule has 0 aliphatic carbocycles. The number of aryl methyl sites for hydroxylation is 1. The van der Waals surface area contributed by atoms with Crippen molar-refractivity contribution in [2.24, 2.45) is 0 Å². The molecule has 0 fully saturated rings. The Morgan fingerprint density at radius 3 is 2.70 bits per heavy atom. The molecule has 0 unspecified atom stereocenters. The molecule has 1 N–H and O–H groups in total. The molecule has 0 saturated carbocycles. The summed E-state index contributed by atoms with van der Waals surface area (Å²) >= 11 is 10.9. The topological polar surface area (TPSA) is 68.3 Å². The van der Waals surface area contributed by atoms with Gasteiger partial charge in [-0.05, 0) is 31.2 Å². The van der Waals surface area contributed by atoms with Crippen molar-refractivity contribution in [3.8, 4) is 16.3 Å². The van der Waals surface area contributed by atoms with Crippen molar-refractivity contribution in [1.29, 1.82) is 0 Å². The molecule has 1 aromatic heterocycles. The molecule has 3 aromatic rings. The summed E-state index contributed by atoms with van der Waals surface area (Å²) in [5.74, 6) is 0.281. The fraction of sp³-hybridized carbons (Fsp3) is 0.167. The van der Waals surface area contributed by atoms with Gasteiger partial charge in [0.25, 0.3) is 0 Å². The Morgan fingerprint density at radius 1 is 1.26 bits per heavy atom. The Labute approximate surface area is 175 Å². The van der Waals surface area contributed by atoms with E-state index in [4.69, 9.17) is 16.3 Å². The number of rotatable bonds is 6. The molecule has 0 radical (unpaired) electrons. The number of hydrogen-bond donors (Lipinski definition) is 1. The third-order valence-corrected chi connectivity index (χ3v) is 7.27. The van der Waals surface area contributed by atoms with Gasteiger partial charge in [0.15, 0.2) is 0 Å². The number of halogens is 2. The van der Waals surface area contributed by atoms with Gasteiger partial charge in [0.1, 0.15) is 15.7 Å². The average molecular weight is 488 g/mol. The molecule has 5 nitrogen and oxygen atoms in total. The van der Waals surface area contributed by atoms with Gasteiger partial charge in [-0.2, -0.15) is 0 Å². The lowest BCUT2D eigenvalue weighted by molar-refractivity contribution is 0.402. The summed E-state index contributed by atoms with van der Waals surface area (Å²) in [6.07, 6.45) is 0. The van der Waals surface area contributed by atoms with Crippen molar-refractivity contribution in [3.63, 3.8) is 0 Å². The van der Waals surface area contributed by atoms with Crippen LogP contribution in [0.5, 0.6) is 5.75 Å². The fourth-order valence-corrected chi connectivity index (χ4v) is 5.56. The van der Waals surface area contributed by atoms with Crippen LogP contribution in [0.1, 0.15) is 10.6 Å². The van der Waals surface area contributed by atoms with Crippen LogP contribution in [-0.2, 0) is 16.6 Å². The Hall–Kier alpha value is -1.45. The summed E-state index contributed by atoms with van der Waals surface area (Å²) in [7, 11) is -2.32. The van der Waals surface area contributed by atoms with Crippen molar-refractivity contribution < 1.29 is 13.2 Å². The monoisotopic (exact) mass is 486 g/mol. The van der Waals surface area contributed by atoms with E-state index in [-0.39, 0.29) is 17.2 Å². The molecule has 9 heteroatoms. The molecular formula is C18H16BrClN2O3S2. The minimum absolute atomic E-state index is 0.0767. The van der Waals surface area contributed by atoms with Crippen molar-refractivity contribution >= 4 is 48.9 Å². The SMILES string of the molecule is COc1ccc(Br)cc1S(=O)(=O)NCc1sc(-c2ccccc2Cl)nc1C. The van der Waals surface area contributed by atoms with E-state index < -0.39 is 10.0 Å². The second-order valence-corrected chi connectivity index (χ2v) is 9.77.